The highest BCUT2D eigenvalue weighted by Gasteiger charge is 2.09. The van der Waals surface area contributed by atoms with Crippen molar-refractivity contribution in [1.29, 1.82) is 0 Å². The van der Waals surface area contributed by atoms with Gasteiger partial charge >= 0.3 is 0 Å². The van der Waals surface area contributed by atoms with Gasteiger partial charge in [0.1, 0.15) is 5.82 Å². The molecule has 6 heteroatoms. The van der Waals surface area contributed by atoms with Crippen molar-refractivity contribution in [3.05, 3.63) is 17.8 Å². The zero-order chi connectivity index (χ0) is 11.3. The topological polar surface area (TPSA) is 78.4 Å². The molecule has 0 saturated heterocycles. The van der Waals surface area contributed by atoms with E-state index in [0.29, 0.717) is 18.1 Å². The van der Waals surface area contributed by atoms with Crippen LogP contribution in [0.2, 0.25) is 0 Å². The van der Waals surface area contributed by atoms with Crippen LogP contribution in [0.4, 0.5) is 5.82 Å². The summed E-state index contributed by atoms with van der Waals surface area (Å²) in [6.07, 6.45) is 0. The number of amides is 1. The Morgan fingerprint density at radius 1 is 1.47 bits per heavy atom. The van der Waals surface area contributed by atoms with Gasteiger partial charge in [0, 0.05) is 20.6 Å². The van der Waals surface area contributed by atoms with Gasteiger partial charge < -0.3 is 15.3 Å². The number of carbonyl (C=O) groups excluding carboxylic acids is 1. The third-order valence-corrected chi connectivity index (χ3v) is 1.71. The lowest BCUT2D eigenvalue weighted by Crippen LogP contribution is -2.23. The molecule has 15 heavy (non-hydrogen) atoms. The lowest BCUT2D eigenvalue weighted by molar-refractivity contribution is 0.0821. The van der Waals surface area contributed by atoms with Gasteiger partial charge in [-0.1, -0.05) is 0 Å². The Hall–Kier alpha value is -1.69. The zero-order valence-corrected chi connectivity index (χ0v) is 8.77. The molecule has 6 nitrogen and oxygen atoms in total. The molecule has 0 aliphatic rings. The van der Waals surface area contributed by atoms with E-state index >= 15 is 0 Å². The van der Waals surface area contributed by atoms with Gasteiger partial charge in [-0.2, -0.15) is 0 Å². The molecule has 0 aliphatic carbocycles. The monoisotopic (exact) mass is 210 g/mol. The summed E-state index contributed by atoms with van der Waals surface area (Å²) in [5, 5.41) is 19.0. The van der Waals surface area contributed by atoms with Crippen molar-refractivity contribution in [1.82, 2.24) is 15.1 Å². The van der Waals surface area contributed by atoms with E-state index in [2.05, 4.69) is 15.5 Å². The van der Waals surface area contributed by atoms with Gasteiger partial charge in [0.15, 0.2) is 5.69 Å². The van der Waals surface area contributed by atoms with E-state index in [1.165, 1.54) is 4.90 Å². The highest BCUT2D eigenvalue weighted by atomic mass is 16.3. The van der Waals surface area contributed by atoms with Crippen molar-refractivity contribution in [2.75, 3.05) is 32.6 Å². The van der Waals surface area contributed by atoms with Crippen molar-refractivity contribution in [2.45, 2.75) is 0 Å². The van der Waals surface area contributed by atoms with Crippen molar-refractivity contribution in [3.63, 3.8) is 0 Å². The Labute approximate surface area is 87.9 Å². The first-order valence-corrected chi connectivity index (χ1v) is 4.55. The van der Waals surface area contributed by atoms with Gasteiger partial charge in [-0.15, -0.1) is 10.2 Å². The van der Waals surface area contributed by atoms with Crippen molar-refractivity contribution in [3.8, 4) is 0 Å². The van der Waals surface area contributed by atoms with Crippen LogP contribution >= 0.6 is 0 Å². The van der Waals surface area contributed by atoms with E-state index in [-0.39, 0.29) is 12.5 Å². The van der Waals surface area contributed by atoms with Crippen LogP contribution in [0.25, 0.3) is 0 Å². The van der Waals surface area contributed by atoms with Crippen molar-refractivity contribution >= 4 is 11.7 Å². The molecule has 1 heterocycles. The number of aliphatic hydroxyl groups is 1. The number of nitrogens with one attached hydrogen (secondary N) is 1. The Kier molecular flexibility index (Phi) is 3.99. The smallest absolute Gasteiger partial charge is 0.273 e. The fraction of sp³-hybridized carbons (Fsp3) is 0.444. The summed E-state index contributed by atoms with van der Waals surface area (Å²) in [5.74, 6) is 0.357. The summed E-state index contributed by atoms with van der Waals surface area (Å²) in [7, 11) is 3.31. The lowest BCUT2D eigenvalue weighted by Gasteiger charge is -2.09. The van der Waals surface area contributed by atoms with Gasteiger partial charge in [-0.3, -0.25) is 4.79 Å². The van der Waals surface area contributed by atoms with Gasteiger partial charge in [-0.05, 0) is 12.1 Å². The van der Waals surface area contributed by atoms with Gasteiger partial charge in [-0.25, -0.2) is 0 Å². The van der Waals surface area contributed by atoms with Crippen LogP contribution in [-0.4, -0.2) is 53.4 Å². The van der Waals surface area contributed by atoms with Crippen molar-refractivity contribution < 1.29 is 9.90 Å². The van der Waals surface area contributed by atoms with Crippen LogP contribution in [0.15, 0.2) is 12.1 Å². The molecule has 0 aliphatic heterocycles. The summed E-state index contributed by atoms with van der Waals surface area (Å²) >= 11 is 0. The Balaban J connectivity index is 2.68. The molecular formula is C9H14N4O2. The van der Waals surface area contributed by atoms with E-state index in [0.717, 1.165) is 0 Å². The molecule has 0 bridgehead atoms. The number of rotatable bonds is 4. The van der Waals surface area contributed by atoms with E-state index in [1.54, 1.807) is 26.2 Å². The predicted octanol–water partition coefficient (Wildman–Crippen LogP) is -0.417. The highest BCUT2D eigenvalue weighted by molar-refractivity contribution is 5.91. The van der Waals surface area contributed by atoms with Crippen LogP contribution in [0.3, 0.4) is 0 Å². The molecule has 0 radical (unpaired) electrons. The van der Waals surface area contributed by atoms with E-state index in [4.69, 9.17) is 5.11 Å². The molecule has 0 atom stereocenters. The second-order valence-corrected chi connectivity index (χ2v) is 3.15. The molecular weight excluding hydrogens is 196 g/mol. The Morgan fingerprint density at radius 3 is 2.67 bits per heavy atom. The molecule has 0 spiro atoms. The van der Waals surface area contributed by atoms with Crippen LogP contribution in [0, 0.1) is 0 Å². The molecule has 1 amide bonds. The number of hydrogen-bond donors (Lipinski definition) is 2. The third kappa shape index (κ3) is 3.17. The van der Waals surface area contributed by atoms with E-state index in [9.17, 15) is 4.79 Å². The molecule has 0 aromatic carbocycles. The average molecular weight is 210 g/mol. The fourth-order valence-corrected chi connectivity index (χ4v) is 0.954. The first-order valence-electron chi connectivity index (χ1n) is 4.55. The fourth-order valence-electron chi connectivity index (χ4n) is 0.954. The molecule has 82 valence electrons. The molecule has 0 saturated carbocycles. The minimum atomic E-state index is -0.184. The third-order valence-electron chi connectivity index (χ3n) is 1.71. The van der Waals surface area contributed by atoms with E-state index in [1.807, 2.05) is 0 Å². The predicted molar refractivity (Wildman–Crippen MR) is 55.6 cm³/mol. The number of carbonyl (C=O) groups is 1. The van der Waals surface area contributed by atoms with Crippen LogP contribution in [0.5, 0.6) is 0 Å². The second-order valence-electron chi connectivity index (χ2n) is 3.15. The van der Waals surface area contributed by atoms with Gasteiger partial charge in [0.05, 0.1) is 6.61 Å². The normalized spacial score (nSPS) is 9.80. The lowest BCUT2D eigenvalue weighted by atomic mass is 10.3. The van der Waals surface area contributed by atoms with Gasteiger partial charge in [0.25, 0.3) is 5.91 Å². The largest absolute Gasteiger partial charge is 0.395 e. The number of aromatic nitrogens is 2. The second kappa shape index (κ2) is 5.26. The number of hydrogen-bond acceptors (Lipinski definition) is 5. The van der Waals surface area contributed by atoms with E-state index < -0.39 is 0 Å². The average Bonchev–Trinajstić information content (AvgIpc) is 2.26. The summed E-state index contributed by atoms with van der Waals surface area (Å²) < 4.78 is 0. The Bertz CT molecular complexity index is 323. The summed E-state index contributed by atoms with van der Waals surface area (Å²) in [6, 6.07) is 3.24. The molecule has 0 fully saturated rings. The standard InChI is InChI=1S/C9H14N4O2/c1-13(2)9(15)7-3-4-8(12-11-7)10-5-6-14/h3-4,14H,5-6H2,1-2H3,(H,10,12). The van der Waals surface area contributed by atoms with Crippen LogP contribution in [-0.2, 0) is 0 Å². The quantitative estimate of drug-likeness (QED) is 0.706. The molecule has 1 aromatic rings. The minimum absolute atomic E-state index is 0.0278. The summed E-state index contributed by atoms with van der Waals surface area (Å²) in [5.41, 5.74) is 0.301. The maximum Gasteiger partial charge on any atom is 0.273 e. The molecule has 0 unspecified atom stereocenters. The first-order chi connectivity index (χ1) is 7.15. The Morgan fingerprint density at radius 2 is 2.20 bits per heavy atom. The van der Waals surface area contributed by atoms with Crippen LogP contribution in [0.1, 0.15) is 10.5 Å². The first kappa shape index (κ1) is 11.4. The molecule has 1 aromatic heterocycles. The molecule has 1 rings (SSSR count). The minimum Gasteiger partial charge on any atom is -0.395 e. The zero-order valence-electron chi connectivity index (χ0n) is 8.77. The molecule has 2 N–H and O–H groups in total. The highest BCUT2D eigenvalue weighted by Crippen LogP contribution is 2.02. The van der Waals surface area contributed by atoms with Crippen LogP contribution < -0.4 is 5.32 Å². The number of aliphatic hydroxyl groups excluding tert-OH is 1. The maximum atomic E-state index is 11.4. The van der Waals surface area contributed by atoms with Crippen molar-refractivity contribution in [2.24, 2.45) is 0 Å². The summed E-state index contributed by atoms with van der Waals surface area (Å²) in [6.45, 7) is 0.440. The van der Waals surface area contributed by atoms with Gasteiger partial charge in [0.2, 0.25) is 0 Å². The SMILES string of the molecule is CN(C)C(=O)c1ccc(NCCO)nn1. The summed E-state index contributed by atoms with van der Waals surface area (Å²) in [4.78, 5) is 12.9. The maximum absolute atomic E-state index is 11.4. The number of anilines is 1. The number of nitrogens with zero attached hydrogens (tertiary/aromatic N) is 3.